The van der Waals surface area contributed by atoms with Crippen molar-refractivity contribution in [2.24, 2.45) is 5.92 Å². The summed E-state index contributed by atoms with van der Waals surface area (Å²) in [5.74, 6) is -0.975. The molecule has 6 heteroatoms. The van der Waals surface area contributed by atoms with Crippen LogP contribution < -0.4 is 0 Å². The Morgan fingerprint density at radius 1 is 1.14 bits per heavy atom. The van der Waals surface area contributed by atoms with E-state index in [2.05, 4.69) is 9.88 Å². The maximum Gasteiger partial charge on any atom is 0.311 e. The lowest BCUT2D eigenvalue weighted by Crippen LogP contribution is -2.38. The minimum Gasteiger partial charge on any atom is -0.461 e. The molecule has 2 aliphatic rings. The Bertz CT molecular complexity index is 778. The fraction of sp³-hybridized carbons (Fsp3) is 0.455. The number of esters is 1. The van der Waals surface area contributed by atoms with E-state index in [1.807, 2.05) is 30.3 Å². The van der Waals surface area contributed by atoms with Crippen molar-refractivity contribution in [2.75, 3.05) is 26.3 Å². The van der Waals surface area contributed by atoms with E-state index in [1.54, 1.807) is 6.07 Å². The number of carbonyl (C=O) groups excluding carboxylic acids is 1. The molecule has 0 amide bonds. The highest BCUT2D eigenvalue weighted by Crippen LogP contribution is 2.35. The quantitative estimate of drug-likeness (QED) is 0.742. The number of ether oxygens (including phenoxy) is 2. The summed E-state index contributed by atoms with van der Waals surface area (Å²) in [6.07, 6.45) is 3.16. The van der Waals surface area contributed by atoms with Crippen LogP contribution in [-0.4, -0.2) is 48.2 Å². The Hall–Kier alpha value is -2.31. The number of rotatable bonds is 5. The van der Waals surface area contributed by atoms with E-state index >= 15 is 0 Å². The summed E-state index contributed by atoms with van der Waals surface area (Å²) in [5.41, 5.74) is 1.71. The van der Waals surface area contributed by atoms with Crippen molar-refractivity contribution in [3.8, 4) is 0 Å². The van der Waals surface area contributed by atoms with Gasteiger partial charge in [-0.15, -0.1) is 0 Å². The first-order valence-corrected chi connectivity index (χ1v) is 9.84. The molecule has 0 saturated carbocycles. The van der Waals surface area contributed by atoms with E-state index in [0.29, 0.717) is 12.6 Å². The molecule has 0 N–H and O–H groups in total. The van der Waals surface area contributed by atoms with Crippen LogP contribution in [0.3, 0.4) is 0 Å². The minimum atomic E-state index is -0.369. The van der Waals surface area contributed by atoms with Crippen LogP contribution in [-0.2, 0) is 20.9 Å². The average Bonchev–Trinajstić information content (AvgIpc) is 3.19. The molecule has 2 fully saturated rings. The van der Waals surface area contributed by atoms with Crippen molar-refractivity contribution in [1.29, 1.82) is 0 Å². The number of likely N-dealkylation sites (tertiary alicyclic amines) is 1. The second-order valence-corrected chi connectivity index (χ2v) is 7.51. The summed E-state index contributed by atoms with van der Waals surface area (Å²) in [6, 6.07) is 13.2. The highest BCUT2D eigenvalue weighted by Gasteiger charge is 2.42. The summed E-state index contributed by atoms with van der Waals surface area (Å²) in [4.78, 5) is 19.5. The zero-order chi connectivity index (χ0) is 19.3. The smallest absolute Gasteiger partial charge is 0.311 e. The van der Waals surface area contributed by atoms with Gasteiger partial charge in [0.2, 0.25) is 0 Å². The van der Waals surface area contributed by atoms with E-state index in [4.69, 9.17) is 9.47 Å². The summed E-state index contributed by atoms with van der Waals surface area (Å²) in [6.45, 7) is 3.14. The third kappa shape index (κ3) is 4.39. The summed E-state index contributed by atoms with van der Waals surface area (Å²) < 4.78 is 24.4. The fourth-order valence-electron chi connectivity index (χ4n) is 4.16. The van der Waals surface area contributed by atoms with E-state index in [9.17, 15) is 9.18 Å². The Balaban J connectivity index is 1.49. The molecule has 2 saturated heterocycles. The maximum atomic E-state index is 13.3. The summed E-state index contributed by atoms with van der Waals surface area (Å²) in [7, 11) is 0. The molecule has 3 heterocycles. The third-order valence-electron chi connectivity index (χ3n) is 5.71. The van der Waals surface area contributed by atoms with Crippen LogP contribution in [0.1, 0.15) is 30.0 Å². The number of pyridine rings is 1. The topological polar surface area (TPSA) is 51.7 Å². The van der Waals surface area contributed by atoms with Crippen LogP contribution in [0.2, 0.25) is 0 Å². The van der Waals surface area contributed by atoms with Crippen molar-refractivity contribution in [3.63, 3.8) is 0 Å². The molecular weight excluding hydrogens is 359 g/mol. The highest BCUT2D eigenvalue weighted by molar-refractivity contribution is 5.74. The monoisotopic (exact) mass is 384 g/mol. The first kappa shape index (κ1) is 19.0. The van der Waals surface area contributed by atoms with Gasteiger partial charge in [0, 0.05) is 44.0 Å². The molecule has 2 aromatic rings. The third-order valence-corrected chi connectivity index (χ3v) is 5.71. The standard InChI is InChI=1S/C22H25FN2O3/c23-17-6-7-21(24-12-17)19-13-25(18-8-10-27-11-9-18)14-20(19)22(26)28-15-16-4-2-1-3-5-16/h1-7,12,18-20H,8-11,13-15H2/t19-,20-/m1/s1. The largest absolute Gasteiger partial charge is 0.461 e. The molecule has 5 nitrogen and oxygen atoms in total. The molecule has 2 atom stereocenters. The predicted molar refractivity (Wildman–Crippen MR) is 102 cm³/mol. The van der Waals surface area contributed by atoms with Gasteiger partial charge in [-0.05, 0) is 30.5 Å². The normalized spacial score (nSPS) is 23.6. The molecule has 0 unspecified atom stereocenters. The van der Waals surface area contributed by atoms with Crippen LogP contribution in [0.4, 0.5) is 4.39 Å². The van der Waals surface area contributed by atoms with Crippen molar-refractivity contribution < 1.29 is 18.7 Å². The SMILES string of the molecule is O=C(OCc1ccccc1)[C@@H]1CN(C2CCOCC2)C[C@H]1c1ccc(F)cn1. The van der Waals surface area contributed by atoms with Crippen LogP contribution in [0, 0.1) is 11.7 Å². The number of nitrogens with zero attached hydrogens (tertiary/aromatic N) is 2. The van der Waals surface area contributed by atoms with E-state index in [0.717, 1.165) is 43.9 Å². The summed E-state index contributed by atoms with van der Waals surface area (Å²) >= 11 is 0. The molecule has 1 aromatic carbocycles. The van der Waals surface area contributed by atoms with Crippen molar-refractivity contribution >= 4 is 5.97 Å². The van der Waals surface area contributed by atoms with Gasteiger partial charge in [-0.25, -0.2) is 4.39 Å². The first-order chi connectivity index (χ1) is 13.7. The molecule has 0 aliphatic carbocycles. The van der Waals surface area contributed by atoms with Gasteiger partial charge in [0.05, 0.1) is 12.1 Å². The number of halogens is 1. The highest BCUT2D eigenvalue weighted by atomic mass is 19.1. The van der Waals surface area contributed by atoms with Gasteiger partial charge in [-0.2, -0.15) is 0 Å². The Kier molecular flexibility index (Phi) is 5.98. The molecule has 148 valence electrons. The van der Waals surface area contributed by atoms with Gasteiger partial charge < -0.3 is 9.47 Å². The lowest BCUT2D eigenvalue weighted by Gasteiger charge is -2.31. The number of hydrogen-bond acceptors (Lipinski definition) is 5. The average molecular weight is 384 g/mol. The Morgan fingerprint density at radius 3 is 2.64 bits per heavy atom. The zero-order valence-corrected chi connectivity index (χ0v) is 15.8. The maximum absolute atomic E-state index is 13.3. The predicted octanol–water partition coefficient (Wildman–Crippen LogP) is 3.16. The molecule has 1 aromatic heterocycles. The van der Waals surface area contributed by atoms with E-state index < -0.39 is 0 Å². The van der Waals surface area contributed by atoms with Crippen LogP contribution in [0.5, 0.6) is 0 Å². The zero-order valence-electron chi connectivity index (χ0n) is 15.8. The molecular formula is C22H25FN2O3. The molecule has 0 bridgehead atoms. The van der Waals surface area contributed by atoms with Gasteiger partial charge in [0.1, 0.15) is 12.4 Å². The Morgan fingerprint density at radius 2 is 1.93 bits per heavy atom. The van der Waals surface area contributed by atoms with Gasteiger partial charge in [0.25, 0.3) is 0 Å². The van der Waals surface area contributed by atoms with Gasteiger partial charge >= 0.3 is 5.97 Å². The van der Waals surface area contributed by atoms with Crippen LogP contribution in [0.15, 0.2) is 48.7 Å². The minimum absolute atomic E-state index is 0.0910. The van der Waals surface area contributed by atoms with Gasteiger partial charge in [-0.1, -0.05) is 30.3 Å². The second-order valence-electron chi connectivity index (χ2n) is 7.51. The van der Waals surface area contributed by atoms with E-state index in [-0.39, 0.29) is 30.2 Å². The number of benzene rings is 1. The lowest BCUT2D eigenvalue weighted by atomic mass is 9.92. The van der Waals surface area contributed by atoms with Gasteiger partial charge in [-0.3, -0.25) is 14.7 Å². The van der Waals surface area contributed by atoms with Crippen LogP contribution in [0.25, 0.3) is 0 Å². The molecule has 0 spiro atoms. The van der Waals surface area contributed by atoms with Crippen molar-refractivity contribution in [2.45, 2.75) is 31.4 Å². The number of hydrogen-bond donors (Lipinski definition) is 0. The lowest BCUT2D eigenvalue weighted by molar-refractivity contribution is -0.150. The molecule has 2 aliphatic heterocycles. The molecule has 4 rings (SSSR count). The summed E-state index contributed by atoms with van der Waals surface area (Å²) in [5, 5.41) is 0. The van der Waals surface area contributed by atoms with Crippen molar-refractivity contribution in [3.05, 3.63) is 65.7 Å². The number of carbonyl (C=O) groups is 1. The molecule has 28 heavy (non-hydrogen) atoms. The number of aromatic nitrogens is 1. The molecule has 0 radical (unpaired) electrons. The Labute approximate surface area is 164 Å². The van der Waals surface area contributed by atoms with Crippen molar-refractivity contribution in [1.82, 2.24) is 9.88 Å². The fourth-order valence-corrected chi connectivity index (χ4v) is 4.16. The van der Waals surface area contributed by atoms with Crippen LogP contribution >= 0.6 is 0 Å². The second kappa shape index (κ2) is 8.80. The van der Waals surface area contributed by atoms with Gasteiger partial charge in [0.15, 0.2) is 0 Å². The van der Waals surface area contributed by atoms with E-state index in [1.165, 1.54) is 12.3 Å². The first-order valence-electron chi connectivity index (χ1n) is 9.84.